The van der Waals surface area contributed by atoms with E-state index < -0.39 is 18.0 Å². The number of rotatable bonds is 4. The fourth-order valence-electron chi connectivity index (χ4n) is 2.28. The molecule has 6 heteroatoms. The zero-order valence-electron chi connectivity index (χ0n) is 13.9. The van der Waals surface area contributed by atoms with E-state index in [-0.39, 0.29) is 5.69 Å². The first-order valence-corrected chi connectivity index (χ1v) is 7.82. The molecule has 2 aromatic carbocycles. The van der Waals surface area contributed by atoms with E-state index in [2.05, 4.69) is 15.3 Å². The number of ether oxygens (including phenoxy) is 1. The standard InChI is InChI=1S/C19H17N3O3/c1-12-10-21-17(11-20-12)19(24)25-13(2)18(23)22-16-8-7-14-5-3-4-6-15(14)9-16/h3-11,13H,1-2H3,(H,22,23)/t13-/m1/s1. The van der Waals surface area contributed by atoms with Gasteiger partial charge in [-0.15, -0.1) is 0 Å². The lowest BCUT2D eigenvalue weighted by molar-refractivity contribution is -0.123. The van der Waals surface area contributed by atoms with Crippen LogP contribution in [-0.2, 0) is 9.53 Å². The van der Waals surface area contributed by atoms with E-state index in [0.29, 0.717) is 11.4 Å². The Kier molecular flexibility index (Phi) is 4.70. The average molecular weight is 335 g/mol. The van der Waals surface area contributed by atoms with E-state index in [4.69, 9.17) is 4.74 Å². The number of benzene rings is 2. The van der Waals surface area contributed by atoms with Crippen molar-refractivity contribution in [2.24, 2.45) is 0 Å². The van der Waals surface area contributed by atoms with Crippen LogP contribution in [0.25, 0.3) is 10.8 Å². The van der Waals surface area contributed by atoms with Crippen LogP contribution < -0.4 is 5.32 Å². The molecule has 0 fully saturated rings. The highest BCUT2D eigenvalue weighted by molar-refractivity contribution is 5.98. The molecule has 3 aromatic rings. The average Bonchev–Trinajstić information content (AvgIpc) is 2.62. The Morgan fingerprint density at radius 3 is 2.52 bits per heavy atom. The number of amides is 1. The molecule has 1 aromatic heterocycles. The zero-order valence-corrected chi connectivity index (χ0v) is 13.9. The number of aromatic nitrogens is 2. The lowest BCUT2D eigenvalue weighted by atomic mass is 10.1. The number of carbonyl (C=O) groups is 2. The third-order valence-electron chi connectivity index (χ3n) is 3.66. The third-order valence-corrected chi connectivity index (χ3v) is 3.66. The monoisotopic (exact) mass is 335 g/mol. The van der Waals surface area contributed by atoms with Crippen LogP contribution in [0.4, 0.5) is 5.69 Å². The van der Waals surface area contributed by atoms with Gasteiger partial charge in [-0.3, -0.25) is 9.78 Å². The van der Waals surface area contributed by atoms with Gasteiger partial charge in [-0.1, -0.05) is 30.3 Å². The molecule has 25 heavy (non-hydrogen) atoms. The van der Waals surface area contributed by atoms with Crippen molar-refractivity contribution < 1.29 is 14.3 Å². The number of fused-ring (bicyclic) bond motifs is 1. The van der Waals surface area contributed by atoms with Gasteiger partial charge < -0.3 is 10.1 Å². The molecule has 0 spiro atoms. The Bertz CT molecular complexity index is 923. The van der Waals surface area contributed by atoms with Crippen molar-refractivity contribution >= 4 is 28.3 Å². The number of aryl methyl sites for hydroxylation is 1. The topological polar surface area (TPSA) is 81.2 Å². The van der Waals surface area contributed by atoms with Gasteiger partial charge in [0.15, 0.2) is 11.8 Å². The van der Waals surface area contributed by atoms with Crippen molar-refractivity contribution in [3.63, 3.8) is 0 Å². The van der Waals surface area contributed by atoms with E-state index in [1.807, 2.05) is 36.4 Å². The van der Waals surface area contributed by atoms with E-state index in [1.54, 1.807) is 13.0 Å². The van der Waals surface area contributed by atoms with Crippen LogP contribution in [0.1, 0.15) is 23.1 Å². The molecule has 0 bridgehead atoms. The van der Waals surface area contributed by atoms with Gasteiger partial charge >= 0.3 is 5.97 Å². The molecule has 1 heterocycles. The van der Waals surface area contributed by atoms with Crippen LogP contribution in [0, 0.1) is 6.92 Å². The molecule has 0 unspecified atom stereocenters. The van der Waals surface area contributed by atoms with Crippen molar-refractivity contribution in [1.29, 1.82) is 0 Å². The number of carbonyl (C=O) groups excluding carboxylic acids is 2. The Morgan fingerprint density at radius 2 is 1.80 bits per heavy atom. The van der Waals surface area contributed by atoms with Crippen LogP contribution in [0.3, 0.4) is 0 Å². The normalized spacial score (nSPS) is 11.8. The fraction of sp³-hybridized carbons (Fsp3) is 0.158. The predicted octanol–water partition coefficient (Wildman–Crippen LogP) is 3.12. The Balaban J connectivity index is 1.65. The maximum atomic E-state index is 12.2. The van der Waals surface area contributed by atoms with Gasteiger partial charge in [0.1, 0.15) is 0 Å². The van der Waals surface area contributed by atoms with Crippen molar-refractivity contribution in [1.82, 2.24) is 9.97 Å². The van der Waals surface area contributed by atoms with Crippen molar-refractivity contribution in [2.45, 2.75) is 20.0 Å². The first kappa shape index (κ1) is 16.6. The minimum Gasteiger partial charge on any atom is -0.448 e. The Hall–Kier alpha value is -3.28. The van der Waals surface area contributed by atoms with Crippen LogP contribution in [0.15, 0.2) is 54.9 Å². The van der Waals surface area contributed by atoms with E-state index >= 15 is 0 Å². The van der Waals surface area contributed by atoms with E-state index in [1.165, 1.54) is 19.3 Å². The van der Waals surface area contributed by atoms with Gasteiger partial charge in [0.2, 0.25) is 0 Å². The molecule has 0 aliphatic heterocycles. The molecule has 0 radical (unpaired) electrons. The largest absolute Gasteiger partial charge is 0.448 e. The maximum absolute atomic E-state index is 12.2. The second kappa shape index (κ2) is 7.09. The van der Waals surface area contributed by atoms with Crippen LogP contribution >= 0.6 is 0 Å². The predicted molar refractivity (Wildman–Crippen MR) is 94.2 cm³/mol. The van der Waals surface area contributed by atoms with Crippen molar-refractivity contribution in [3.8, 4) is 0 Å². The van der Waals surface area contributed by atoms with Gasteiger partial charge in [-0.25, -0.2) is 9.78 Å². The van der Waals surface area contributed by atoms with Gasteiger partial charge in [-0.05, 0) is 36.8 Å². The molecular weight excluding hydrogens is 318 g/mol. The number of hydrogen-bond donors (Lipinski definition) is 1. The summed E-state index contributed by atoms with van der Waals surface area (Å²) in [7, 11) is 0. The summed E-state index contributed by atoms with van der Waals surface area (Å²) in [5.74, 6) is -1.10. The highest BCUT2D eigenvalue weighted by Crippen LogP contribution is 2.19. The first-order valence-electron chi connectivity index (χ1n) is 7.82. The summed E-state index contributed by atoms with van der Waals surface area (Å²) >= 11 is 0. The molecule has 1 N–H and O–H groups in total. The number of hydrogen-bond acceptors (Lipinski definition) is 5. The van der Waals surface area contributed by atoms with Crippen molar-refractivity contribution in [3.05, 3.63) is 66.2 Å². The van der Waals surface area contributed by atoms with Crippen LogP contribution in [-0.4, -0.2) is 27.9 Å². The maximum Gasteiger partial charge on any atom is 0.359 e. The lowest BCUT2D eigenvalue weighted by Gasteiger charge is -2.13. The lowest BCUT2D eigenvalue weighted by Crippen LogP contribution is -2.30. The molecule has 126 valence electrons. The summed E-state index contributed by atoms with van der Waals surface area (Å²) in [4.78, 5) is 32.2. The quantitative estimate of drug-likeness (QED) is 0.741. The molecule has 0 aliphatic rings. The SMILES string of the molecule is Cc1cnc(C(=O)O[C@H](C)C(=O)Nc2ccc3ccccc3c2)cn1. The molecule has 1 atom stereocenters. The zero-order chi connectivity index (χ0) is 17.8. The molecule has 0 saturated carbocycles. The minimum absolute atomic E-state index is 0.0657. The third kappa shape index (κ3) is 3.98. The molecule has 6 nitrogen and oxygen atoms in total. The number of esters is 1. The van der Waals surface area contributed by atoms with E-state index in [9.17, 15) is 9.59 Å². The summed E-state index contributed by atoms with van der Waals surface area (Å²) in [6.45, 7) is 3.28. The number of nitrogens with zero attached hydrogens (tertiary/aromatic N) is 2. The summed E-state index contributed by atoms with van der Waals surface area (Å²) in [5, 5.41) is 4.84. The first-order chi connectivity index (χ1) is 12.0. The molecule has 0 saturated heterocycles. The fourth-order valence-corrected chi connectivity index (χ4v) is 2.28. The van der Waals surface area contributed by atoms with E-state index in [0.717, 1.165) is 10.8 Å². The molecular formula is C19H17N3O3. The highest BCUT2D eigenvalue weighted by Gasteiger charge is 2.20. The molecule has 3 rings (SSSR count). The van der Waals surface area contributed by atoms with Crippen LogP contribution in [0.5, 0.6) is 0 Å². The summed E-state index contributed by atoms with van der Waals surface area (Å²) < 4.78 is 5.14. The Labute approximate surface area is 144 Å². The molecule has 1 amide bonds. The second-order valence-corrected chi connectivity index (χ2v) is 5.64. The van der Waals surface area contributed by atoms with Gasteiger partial charge in [0.05, 0.1) is 11.9 Å². The molecule has 0 aliphatic carbocycles. The number of anilines is 1. The van der Waals surface area contributed by atoms with Gasteiger partial charge in [0, 0.05) is 11.9 Å². The minimum atomic E-state index is -0.956. The highest BCUT2D eigenvalue weighted by atomic mass is 16.5. The summed E-state index contributed by atoms with van der Waals surface area (Å²) in [6, 6.07) is 13.4. The summed E-state index contributed by atoms with van der Waals surface area (Å²) in [5.41, 5.74) is 1.40. The second-order valence-electron chi connectivity index (χ2n) is 5.64. The number of nitrogens with one attached hydrogen (secondary N) is 1. The smallest absolute Gasteiger partial charge is 0.359 e. The van der Waals surface area contributed by atoms with Crippen molar-refractivity contribution in [2.75, 3.05) is 5.32 Å². The van der Waals surface area contributed by atoms with Gasteiger partial charge in [-0.2, -0.15) is 0 Å². The Morgan fingerprint density at radius 1 is 1.04 bits per heavy atom. The summed E-state index contributed by atoms with van der Waals surface area (Å²) in [6.07, 6.45) is 1.84. The van der Waals surface area contributed by atoms with Gasteiger partial charge in [0.25, 0.3) is 5.91 Å². The van der Waals surface area contributed by atoms with Crippen LogP contribution in [0.2, 0.25) is 0 Å².